The minimum Gasteiger partial charge on any atom is -0.481 e. The molecule has 0 saturated heterocycles. The largest absolute Gasteiger partial charge is 0.481 e. The molecule has 1 aromatic heterocycles. The normalized spacial score (nSPS) is 10.5. The van der Waals surface area contributed by atoms with Crippen LogP contribution in [-0.2, 0) is 9.59 Å². The molecule has 8 nitrogen and oxygen atoms in total. The first-order valence-corrected chi connectivity index (χ1v) is 10.4. The van der Waals surface area contributed by atoms with Crippen molar-refractivity contribution in [3.63, 3.8) is 0 Å². The van der Waals surface area contributed by atoms with E-state index in [1.54, 1.807) is 4.90 Å². The summed E-state index contributed by atoms with van der Waals surface area (Å²) in [6.07, 6.45) is 0. The molecule has 0 aliphatic rings. The molecule has 10 heteroatoms. The zero-order valence-electron chi connectivity index (χ0n) is 15.0. The fourth-order valence-corrected chi connectivity index (χ4v) is 3.50. The maximum absolute atomic E-state index is 10.9. The molecule has 148 valence electrons. The van der Waals surface area contributed by atoms with E-state index >= 15 is 0 Å². The van der Waals surface area contributed by atoms with Crippen molar-refractivity contribution in [2.24, 2.45) is 0 Å². The first kappa shape index (κ1) is 20.6. The van der Waals surface area contributed by atoms with Crippen molar-refractivity contribution in [1.29, 1.82) is 0 Å². The second-order valence-corrected chi connectivity index (χ2v) is 7.46. The summed E-state index contributed by atoms with van der Waals surface area (Å²) in [4.78, 5) is 36.8. The van der Waals surface area contributed by atoms with E-state index in [1.165, 1.54) is 0 Å². The molecular weight excluding hydrogens is 412 g/mol. The molecule has 0 aliphatic heterocycles. The van der Waals surface area contributed by atoms with Crippen LogP contribution in [0.5, 0.6) is 0 Å². The van der Waals surface area contributed by atoms with E-state index in [2.05, 4.69) is 15.0 Å². The van der Waals surface area contributed by atoms with Gasteiger partial charge in [0, 0.05) is 11.4 Å². The summed E-state index contributed by atoms with van der Waals surface area (Å²) < 4.78 is 0. The Hall–Kier alpha value is -3.11. The van der Waals surface area contributed by atoms with Crippen LogP contribution >= 0.6 is 23.5 Å². The van der Waals surface area contributed by atoms with E-state index in [-0.39, 0.29) is 27.8 Å². The summed E-state index contributed by atoms with van der Waals surface area (Å²) in [6, 6.07) is 18.9. The number of carboxylic acids is 2. The molecule has 0 fully saturated rings. The third-order valence-electron chi connectivity index (χ3n) is 3.46. The Morgan fingerprint density at radius 2 is 1.14 bits per heavy atom. The van der Waals surface area contributed by atoms with Crippen molar-refractivity contribution in [2.75, 3.05) is 16.4 Å². The van der Waals surface area contributed by atoms with Gasteiger partial charge < -0.3 is 10.2 Å². The van der Waals surface area contributed by atoms with E-state index in [0.717, 1.165) is 34.9 Å². The molecular formula is C19H16N4O4S2. The van der Waals surface area contributed by atoms with Gasteiger partial charge in [-0.3, -0.25) is 14.5 Å². The van der Waals surface area contributed by atoms with Crippen molar-refractivity contribution in [3.05, 3.63) is 60.7 Å². The molecule has 0 spiro atoms. The molecule has 0 atom stereocenters. The molecule has 3 aromatic rings. The van der Waals surface area contributed by atoms with Crippen LogP contribution in [0.3, 0.4) is 0 Å². The predicted octanol–water partition coefficient (Wildman–Crippen LogP) is 3.69. The quantitative estimate of drug-likeness (QED) is 0.489. The Kier molecular flexibility index (Phi) is 7.04. The van der Waals surface area contributed by atoms with E-state index in [1.807, 2.05) is 60.7 Å². The standard InChI is InChI=1S/C19H16N4O4S2/c24-15(25)11-28-18-20-17(21-19(22-18)29-12-16(26)27)23(13-7-3-1-4-8-13)14-9-5-2-6-10-14/h1-10H,11-12H2,(H,24,25)(H,26,27). The molecule has 1 heterocycles. The highest BCUT2D eigenvalue weighted by Crippen LogP contribution is 2.33. The number of benzene rings is 2. The molecule has 0 amide bonds. The monoisotopic (exact) mass is 428 g/mol. The summed E-state index contributed by atoms with van der Waals surface area (Å²) in [5, 5.41) is 18.4. The highest BCUT2D eigenvalue weighted by molar-refractivity contribution is 8.00. The molecule has 0 unspecified atom stereocenters. The number of rotatable bonds is 9. The number of aliphatic carboxylic acids is 2. The molecule has 0 bridgehead atoms. The van der Waals surface area contributed by atoms with Crippen LogP contribution in [0.15, 0.2) is 71.0 Å². The average molecular weight is 428 g/mol. The van der Waals surface area contributed by atoms with Gasteiger partial charge in [0.05, 0.1) is 11.5 Å². The third kappa shape index (κ3) is 5.93. The molecule has 0 aliphatic carbocycles. The summed E-state index contributed by atoms with van der Waals surface area (Å²) >= 11 is 1.90. The van der Waals surface area contributed by atoms with Crippen molar-refractivity contribution >= 4 is 52.8 Å². The summed E-state index contributed by atoms with van der Waals surface area (Å²) in [6.45, 7) is 0. The SMILES string of the molecule is O=C(O)CSc1nc(SCC(=O)O)nc(N(c2ccccc2)c2ccccc2)n1. The van der Waals surface area contributed by atoms with Gasteiger partial charge in [0.15, 0.2) is 10.3 Å². The topological polar surface area (TPSA) is 117 Å². The number of thioether (sulfide) groups is 2. The van der Waals surface area contributed by atoms with Crippen LogP contribution in [0.1, 0.15) is 0 Å². The molecule has 0 radical (unpaired) electrons. The number of para-hydroxylation sites is 2. The molecule has 0 saturated carbocycles. The van der Waals surface area contributed by atoms with E-state index in [9.17, 15) is 9.59 Å². The third-order valence-corrected chi connectivity index (χ3v) is 5.12. The van der Waals surface area contributed by atoms with Gasteiger partial charge in [0.2, 0.25) is 5.95 Å². The number of carboxylic acid groups (broad SMARTS) is 2. The zero-order valence-corrected chi connectivity index (χ0v) is 16.6. The first-order valence-electron chi connectivity index (χ1n) is 8.38. The lowest BCUT2D eigenvalue weighted by Crippen LogP contribution is -2.15. The lowest BCUT2D eigenvalue weighted by atomic mass is 10.2. The number of aromatic nitrogens is 3. The molecule has 2 N–H and O–H groups in total. The molecule has 29 heavy (non-hydrogen) atoms. The van der Waals surface area contributed by atoms with Gasteiger partial charge in [-0.15, -0.1) is 0 Å². The number of hydrogen-bond donors (Lipinski definition) is 2. The van der Waals surface area contributed by atoms with E-state index < -0.39 is 11.9 Å². The summed E-state index contributed by atoms with van der Waals surface area (Å²) in [5.41, 5.74) is 1.60. The first-order chi connectivity index (χ1) is 14.0. The highest BCUT2D eigenvalue weighted by Gasteiger charge is 2.19. The Morgan fingerprint density at radius 3 is 1.52 bits per heavy atom. The van der Waals surface area contributed by atoms with Crippen LogP contribution in [0.25, 0.3) is 0 Å². The van der Waals surface area contributed by atoms with Crippen molar-refractivity contribution in [2.45, 2.75) is 10.3 Å². The van der Waals surface area contributed by atoms with Gasteiger partial charge in [-0.05, 0) is 24.3 Å². The zero-order chi connectivity index (χ0) is 20.6. The summed E-state index contributed by atoms with van der Waals surface area (Å²) in [7, 11) is 0. The number of carbonyl (C=O) groups is 2. The average Bonchev–Trinajstić information content (AvgIpc) is 2.72. The van der Waals surface area contributed by atoms with Crippen molar-refractivity contribution in [1.82, 2.24) is 15.0 Å². The van der Waals surface area contributed by atoms with Crippen LogP contribution in [-0.4, -0.2) is 48.6 Å². The number of nitrogens with zero attached hydrogens (tertiary/aromatic N) is 4. The Bertz CT molecular complexity index is 914. The van der Waals surface area contributed by atoms with Crippen LogP contribution in [0, 0.1) is 0 Å². The molecule has 2 aromatic carbocycles. The summed E-state index contributed by atoms with van der Waals surface area (Å²) in [5.74, 6) is -2.16. The van der Waals surface area contributed by atoms with Crippen LogP contribution in [0.2, 0.25) is 0 Å². The fraction of sp³-hybridized carbons (Fsp3) is 0.105. The minimum absolute atomic E-state index is 0.210. The molecule has 3 rings (SSSR count). The van der Waals surface area contributed by atoms with Gasteiger partial charge in [-0.2, -0.15) is 15.0 Å². The Morgan fingerprint density at radius 1 is 0.724 bits per heavy atom. The van der Waals surface area contributed by atoms with E-state index in [4.69, 9.17) is 10.2 Å². The lowest BCUT2D eigenvalue weighted by molar-refractivity contribution is -0.134. The van der Waals surface area contributed by atoms with Gasteiger partial charge in [0.25, 0.3) is 0 Å². The van der Waals surface area contributed by atoms with Crippen molar-refractivity contribution in [3.8, 4) is 0 Å². The predicted molar refractivity (Wildman–Crippen MR) is 111 cm³/mol. The highest BCUT2D eigenvalue weighted by atomic mass is 32.2. The maximum atomic E-state index is 10.9. The van der Waals surface area contributed by atoms with E-state index in [0.29, 0.717) is 0 Å². The second kappa shape index (κ2) is 9.89. The van der Waals surface area contributed by atoms with Gasteiger partial charge >= 0.3 is 11.9 Å². The Labute approximate surface area is 175 Å². The minimum atomic E-state index is -1.00. The van der Waals surface area contributed by atoms with Crippen LogP contribution < -0.4 is 4.90 Å². The van der Waals surface area contributed by atoms with Gasteiger partial charge in [-0.25, -0.2) is 0 Å². The lowest BCUT2D eigenvalue weighted by Gasteiger charge is -2.23. The Balaban J connectivity index is 2.07. The fourth-order valence-electron chi connectivity index (χ4n) is 2.34. The second-order valence-electron chi connectivity index (χ2n) is 5.57. The van der Waals surface area contributed by atoms with Crippen molar-refractivity contribution < 1.29 is 19.8 Å². The maximum Gasteiger partial charge on any atom is 0.313 e. The number of anilines is 3. The van der Waals surface area contributed by atoms with Gasteiger partial charge in [-0.1, -0.05) is 59.9 Å². The number of hydrogen-bond acceptors (Lipinski definition) is 8. The van der Waals surface area contributed by atoms with Gasteiger partial charge in [0.1, 0.15) is 0 Å². The smallest absolute Gasteiger partial charge is 0.313 e. The van der Waals surface area contributed by atoms with Crippen LogP contribution in [0.4, 0.5) is 17.3 Å².